The highest BCUT2D eigenvalue weighted by molar-refractivity contribution is 7.18. The van der Waals surface area contributed by atoms with E-state index in [0.717, 1.165) is 21.1 Å². The molecule has 3 aromatic rings. The van der Waals surface area contributed by atoms with Crippen molar-refractivity contribution in [2.45, 2.75) is 33.4 Å². The number of rotatable bonds is 5. The fraction of sp³-hybridized carbons (Fsp3) is 0.263. The van der Waals surface area contributed by atoms with Gasteiger partial charge >= 0.3 is 5.97 Å². The molecule has 0 saturated carbocycles. The van der Waals surface area contributed by atoms with Gasteiger partial charge in [0.2, 0.25) is 0 Å². The largest absolute Gasteiger partial charge is 0.451 e. The monoisotopic (exact) mass is 403 g/mol. The van der Waals surface area contributed by atoms with Gasteiger partial charge in [-0.3, -0.25) is 19.0 Å². The van der Waals surface area contributed by atoms with Crippen molar-refractivity contribution in [2.75, 3.05) is 5.32 Å². The molecular weight excluding hydrogens is 385 g/mol. The molecule has 7 nitrogen and oxygen atoms in total. The molecule has 2 aromatic heterocycles. The van der Waals surface area contributed by atoms with Gasteiger partial charge in [-0.05, 0) is 44.5 Å². The fourth-order valence-electron chi connectivity index (χ4n) is 2.62. The Kier molecular flexibility index (Phi) is 5.55. The molecule has 0 unspecified atom stereocenters. The molecule has 1 N–H and O–H groups in total. The molecule has 0 aliphatic heterocycles. The number of ether oxygens (including phenoxy) is 1. The number of esters is 1. The number of fused-ring (bicyclic) bond motifs is 1. The zero-order chi connectivity index (χ0) is 20.4. The van der Waals surface area contributed by atoms with Crippen LogP contribution in [0.3, 0.4) is 0 Å². The van der Waals surface area contributed by atoms with Crippen LogP contribution in [0, 0.1) is 19.7 Å². The number of halogens is 1. The smallest absolute Gasteiger partial charge is 0.326 e. The van der Waals surface area contributed by atoms with Crippen molar-refractivity contribution in [3.05, 3.63) is 57.2 Å². The third-order valence-corrected chi connectivity index (χ3v) is 5.34. The maximum atomic E-state index is 13.2. The van der Waals surface area contributed by atoms with Crippen LogP contribution in [0.5, 0.6) is 0 Å². The Morgan fingerprint density at radius 3 is 2.82 bits per heavy atom. The summed E-state index contributed by atoms with van der Waals surface area (Å²) in [5.74, 6) is -1.86. The molecule has 1 aromatic carbocycles. The summed E-state index contributed by atoms with van der Waals surface area (Å²) in [5, 5.41) is 2.94. The van der Waals surface area contributed by atoms with Gasteiger partial charge in [0.1, 0.15) is 17.2 Å². The number of nitrogens with zero attached hydrogens (tertiary/aromatic N) is 2. The van der Waals surface area contributed by atoms with Gasteiger partial charge in [-0.15, -0.1) is 11.3 Å². The van der Waals surface area contributed by atoms with Gasteiger partial charge < -0.3 is 10.1 Å². The van der Waals surface area contributed by atoms with Gasteiger partial charge in [0.15, 0.2) is 6.10 Å². The van der Waals surface area contributed by atoms with Crippen molar-refractivity contribution in [2.24, 2.45) is 0 Å². The van der Waals surface area contributed by atoms with E-state index in [1.165, 1.54) is 42.8 Å². The summed E-state index contributed by atoms with van der Waals surface area (Å²) in [4.78, 5) is 42.7. The van der Waals surface area contributed by atoms with Crippen LogP contribution in [0.15, 0.2) is 35.4 Å². The number of aryl methyl sites for hydroxylation is 2. The second kappa shape index (κ2) is 7.89. The number of benzene rings is 1. The van der Waals surface area contributed by atoms with E-state index in [2.05, 4.69) is 10.3 Å². The summed E-state index contributed by atoms with van der Waals surface area (Å²) >= 11 is 1.42. The van der Waals surface area contributed by atoms with E-state index in [0.29, 0.717) is 10.2 Å². The van der Waals surface area contributed by atoms with Crippen molar-refractivity contribution in [3.8, 4) is 0 Å². The maximum absolute atomic E-state index is 13.2. The van der Waals surface area contributed by atoms with Gasteiger partial charge in [-0.25, -0.2) is 9.37 Å². The Bertz CT molecular complexity index is 1120. The van der Waals surface area contributed by atoms with Gasteiger partial charge in [0.25, 0.3) is 11.5 Å². The van der Waals surface area contributed by atoms with Gasteiger partial charge in [0.05, 0.1) is 11.7 Å². The first-order valence-corrected chi connectivity index (χ1v) is 9.29. The fourth-order valence-corrected chi connectivity index (χ4v) is 3.61. The number of hydrogen-bond donors (Lipinski definition) is 1. The molecule has 0 radical (unpaired) electrons. The topological polar surface area (TPSA) is 90.3 Å². The van der Waals surface area contributed by atoms with E-state index < -0.39 is 23.8 Å². The van der Waals surface area contributed by atoms with Crippen molar-refractivity contribution < 1.29 is 18.7 Å². The lowest BCUT2D eigenvalue weighted by atomic mass is 10.2. The summed E-state index contributed by atoms with van der Waals surface area (Å²) < 4.78 is 19.4. The van der Waals surface area contributed by atoms with E-state index >= 15 is 0 Å². The third-order valence-electron chi connectivity index (χ3n) is 4.22. The van der Waals surface area contributed by atoms with E-state index in [-0.39, 0.29) is 17.8 Å². The molecule has 0 aliphatic carbocycles. The third kappa shape index (κ3) is 4.09. The zero-order valence-electron chi connectivity index (χ0n) is 15.5. The molecule has 9 heteroatoms. The minimum atomic E-state index is -1.12. The molecule has 0 aliphatic rings. The predicted molar refractivity (Wildman–Crippen MR) is 104 cm³/mol. The van der Waals surface area contributed by atoms with E-state index in [1.54, 1.807) is 0 Å². The summed E-state index contributed by atoms with van der Waals surface area (Å²) in [6.45, 7) is 4.76. The summed E-state index contributed by atoms with van der Waals surface area (Å²) in [5.41, 5.74) is 0.755. The predicted octanol–water partition coefficient (Wildman–Crippen LogP) is 2.78. The lowest BCUT2D eigenvalue weighted by molar-refractivity contribution is -0.153. The number of aromatic nitrogens is 2. The molecule has 1 atom stereocenters. The Balaban J connectivity index is 1.67. The Morgan fingerprint density at radius 1 is 1.36 bits per heavy atom. The SMILES string of the molecule is Cc1sc2ncn(CC(=O)O[C@@H](C)C(=O)Nc3cccc(F)c3)c(=O)c2c1C. The number of carbonyl (C=O) groups is 2. The van der Waals surface area contributed by atoms with E-state index in [1.807, 2.05) is 13.8 Å². The Labute approximate surface area is 163 Å². The van der Waals surface area contributed by atoms with Crippen LogP contribution < -0.4 is 10.9 Å². The average molecular weight is 403 g/mol. The molecule has 1 amide bonds. The minimum Gasteiger partial charge on any atom is -0.451 e. The van der Waals surface area contributed by atoms with E-state index in [9.17, 15) is 18.8 Å². The van der Waals surface area contributed by atoms with Crippen LogP contribution in [0.2, 0.25) is 0 Å². The van der Waals surface area contributed by atoms with Crippen LogP contribution in [0.1, 0.15) is 17.4 Å². The highest BCUT2D eigenvalue weighted by Gasteiger charge is 2.20. The second-order valence-electron chi connectivity index (χ2n) is 6.27. The average Bonchev–Trinajstić information content (AvgIpc) is 2.92. The molecule has 3 rings (SSSR count). The lowest BCUT2D eigenvalue weighted by Gasteiger charge is -2.14. The normalized spacial score (nSPS) is 12.0. The van der Waals surface area contributed by atoms with Crippen LogP contribution >= 0.6 is 11.3 Å². The summed E-state index contributed by atoms with van der Waals surface area (Å²) in [7, 11) is 0. The molecule has 146 valence electrons. The molecule has 0 fully saturated rings. The van der Waals surface area contributed by atoms with Crippen LogP contribution in [-0.2, 0) is 20.9 Å². The van der Waals surface area contributed by atoms with Crippen molar-refractivity contribution in [1.29, 1.82) is 0 Å². The molecular formula is C19H18FN3O4S. The lowest BCUT2D eigenvalue weighted by Crippen LogP contribution is -2.33. The number of nitrogens with one attached hydrogen (secondary N) is 1. The molecule has 0 spiro atoms. The number of thiophene rings is 1. The Morgan fingerprint density at radius 2 is 2.11 bits per heavy atom. The van der Waals surface area contributed by atoms with Crippen LogP contribution in [-0.4, -0.2) is 27.5 Å². The van der Waals surface area contributed by atoms with Gasteiger partial charge in [-0.2, -0.15) is 0 Å². The minimum absolute atomic E-state index is 0.252. The van der Waals surface area contributed by atoms with Crippen molar-refractivity contribution in [1.82, 2.24) is 9.55 Å². The Hall–Kier alpha value is -3.07. The second-order valence-corrected chi connectivity index (χ2v) is 7.48. The van der Waals surface area contributed by atoms with Gasteiger partial charge in [0, 0.05) is 10.6 Å². The molecule has 0 bridgehead atoms. The van der Waals surface area contributed by atoms with Crippen molar-refractivity contribution in [3.63, 3.8) is 0 Å². The molecule has 2 heterocycles. The first kappa shape index (κ1) is 19.7. The standard InChI is InChI=1S/C19H18FN3O4S/c1-10-12(3)28-18-16(10)19(26)23(9-21-18)8-15(24)27-11(2)17(25)22-14-6-4-5-13(20)7-14/h4-7,9,11H,8H2,1-3H3,(H,22,25)/t11-/m0/s1. The van der Waals surface area contributed by atoms with Gasteiger partial charge in [-0.1, -0.05) is 6.07 Å². The van der Waals surface area contributed by atoms with Crippen LogP contribution in [0.25, 0.3) is 10.2 Å². The molecule has 28 heavy (non-hydrogen) atoms. The summed E-state index contributed by atoms with van der Waals surface area (Å²) in [6.07, 6.45) is 0.173. The highest BCUT2D eigenvalue weighted by atomic mass is 32.1. The summed E-state index contributed by atoms with van der Waals surface area (Å²) in [6, 6.07) is 5.36. The number of carbonyl (C=O) groups excluding carboxylic acids is 2. The molecule has 0 saturated heterocycles. The van der Waals surface area contributed by atoms with Crippen LogP contribution in [0.4, 0.5) is 10.1 Å². The quantitative estimate of drug-likeness (QED) is 0.662. The first-order chi connectivity index (χ1) is 13.3. The van der Waals surface area contributed by atoms with Crippen molar-refractivity contribution >= 4 is 39.1 Å². The number of anilines is 1. The first-order valence-electron chi connectivity index (χ1n) is 8.47. The highest BCUT2D eigenvalue weighted by Crippen LogP contribution is 2.25. The number of amides is 1. The van der Waals surface area contributed by atoms with E-state index in [4.69, 9.17) is 4.74 Å². The zero-order valence-corrected chi connectivity index (χ0v) is 16.3. The maximum Gasteiger partial charge on any atom is 0.326 e. The number of hydrogen-bond acceptors (Lipinski definition) is 6.